The number of aromatic nitrogens is 2. The van der Waals surface area contributed by atoms with E-state index in [0.29, 0.717) is 12.0 Å². The van der Waals surface area contributed by atoms with Gasteiger partial charge in [0.15, 0.2) is 0 Å². The summed E-state index contributed by atoms with van der Waals surface area (Å²) in [6.45, 7) is 5.39. The molecule has 0 amide bonds. The van der Waals surface area contributed by atoms with Crippen LogP contribution in [0.4, 0.5) is 11.8 Å². The summed E-state index contributed by atoms with van der Waals surface area (Å²) in [6, 6.07) is 2.55. The highest BCUT2D eigenvalue weighted by molar-refractivity contribution is 5.40. The van der Waals surface area contributed by atoms with E-state index in [-0.39, 0.29) is 0 Å². The summed E-state index contributed by atoms with van der Waals surface area (Å²) in [7, 11) is 0. The zero-order chi connectivity index (χ0) is 13.5. The van der Waals surface area contributed by atoms with Gasteiger partial charge in [-0.25, -0.2) is 4.98 Å². The Kier molecular flexibility index (Phi) is 5.43. The second kappa shape index (κ2) is 7.31. The Morgan fingerprint density at radius 2 is 2.05 bits per heavy atom. The Balaban J connectivity index is 1.83. The molecule has 1 heterocycles. The Morgan fingerprint density at radius 3 is 2.79 bits per heavy atom. The summed E-state index contributed by atoms with van der Waals surface area (Å²) in [5, 5.41) is 6.82. The normalized spacial score (nSPS) is 16.6. The monoisotopic (exact) mass is 262 g/mol. The second-order valence-corrected chi connectivity index (χ2v) is 5.85. The first-order valence-electron chi connectivity index (χ1n) is 7.57. The number of anilines is 2. The van der Waals surface area contributed by atoms with Crippen LogP contribution in [0.25, 0.3) is 0 Å². The van der Waals surface area contributed by atoms with Crippen LogP contribution in [0.2, 0.25) is 0 Å². The lowest BCUT2D eigenvalue weighted by Crippen LogP contribution is -2.23. The van der Waals surface area contributed by atoms with Gasteiger partial charge < -0.3 is 10.6 Å². The van der Waals surface area contributed by atoms with Gasteiger partial charge in [-0.3, -0.25) is 0 Å². The fourth-order valence-corrected chi connectivity index (χ4v) is 2.45. The summed E-state index contributed by atoms with van der Waals surface area (Å²) >= 11 is 0. The van der Waals surface area contributed by atoms with Crippen LogP contribution < -0.4 is 10.6 Å². The summed E-state index contributed by atoms with van der Waals surface area (Å²) in [6.07, 6.45) is 9.55. The van der Waals surface area contributed by atoms with Crippen molar-refractivity contribution in [3.05, 3.63) is 12.3 Å². The van der Waals surface area contributed by atoms with Crippen molar-refractivity contribution in [2.24, 2.45) is 5.92 Å². The zero-order valence-corrected chi connectivity index (χ0v) is 12.2. The van der Waals surface area contributed by atoms with Crippen LogP contribution in [0.15, 0.2) is 12.3 Å². The highest BCUT2D eigenvalue weighted by Gasteiger charge is 2.13. The maximum absolute atomic E-state index is 4.53. The first kappa shape index (κ1) is 14.1. The molecule has 2 N–H and O–H groups in total. The van der Waals surface area contributed by atoms with Crippen LogP contribution >= 0.6 is 0 Å². The molecule has 0 unspecified atom stereocenters. The van der Waals surface area contributed by atoms with Crippen molar-refractivity contribution >= 4 is 11.8 Å². The molecule has 1 saturated carbocycles. The minimum absolute atomic E-state index is 0.590. The molecular weight excluding hydrogens is 236 g/mol. The number of rotatable bonds is 6. The smallest absolute Gasteiger partial charge is 0.224 e. The Morgan fingerprint density at radius 1 is 1.26 bits per heavy atom. The van der Waals surface area contributed by atoms with Gasteiger partial charge in [-0.05, 0) is 31.2 Å². The van der Waals surface area contributed by atoms with Crippen molar-refractivity contribution in [3.63, 3.8) is 0 Å². The lowest BCUT2D eigenvalue weighted by molar-refractivity contribution is 0.462. The molecule has 0 spiro atoms. The minimum Gasteiger partial charge on any atom is -0.367 e. The third kappa shape index (κ3) is 5.05. The summed E-state index contributed by atoms with van der Waals surface area (Å²) in [4.78, 5) is 8.80. The predicted octanol–water partition coefficient (Wildman–Crippen LogP) is 3.68. The molecule has 1 fully saturated rings. The quantitative estimate of drug-likeness (QED) is 0.821. The van der Waals surface area contributed by atoms with Crippen LogP contribution in [0.3, 0.4) is 0 Å². The van der Waals surface area contributed by atoms with Crippen molar-refractivity contribution in [2.75, 3.05) is 17.2 Å². The molecular formula is C15H26N4. The lowest BCUT2D eigenvalue weighted by atomic mass is 9.95. The SMILES string of the molecule is CC(C)CCNc1nccc(NC2CCCCC2)n1. The maximum Gasteiger partial charge on any atom is 0.224 e. The molecule has 106 valence electrons. The van der Waals surface area contributed by atoms with Gasteiger partial charge in [0.1, 0.15) is 5.82 Å². The molecule has 0 atom stereocenters. The number of nitrogens with one attached hydrogen (secondary N) is 2. The minimum atomic E-state index is 0.590. The molecule has 1 aromatic rings. The van der Waals surface area contributed by atoms with Gasteiger partial charge in [-0.1, -0.05) is 33.1 Å². The Bertz CT molecular complexity index is 372. The van der Waals surface area contributed by atoms with E-state index in [9.17, 15) is 0 Å². The van der Waals surface area contributed by atoms with Crippen molar-refractivity contribution in [1.82, 2.24) is 9.97 Å². The average molecular weight is 262 g/mol. The van der Waals surface area contributed by atoms with E-state index < -0.39 is 0 Å². The van der Waals surface area contributed by atoms with Crippen LogP contribution in [0.1, 0.15) is 52.4 Å². The van der Waals surface area contributed by atoms with Crippen LogP contribution in [0, 0.1) is 5.92 Å². The van der Waals surface area contributed by atoms with Gasteiger partial charge in [0.25, 0.3) is 0 Å². The van der Waals surface area contributed by atoms with Gasteiger partial charge in [-0.15, -0.1) is 0 Å². The topological polar surface area (TPSA) is 49.8 Å². The molecule has 0 saturated heterocycles. The number of hydrogen-bond acceptors (Lipinski definition) is 4. The summed E-state index contributed by atoms with van der Waals surface area (Å²) < 4.78 is 0. The van der Waals surface area contributed by atoms with Crippen LogP contribution in [-0.4, -0.2) is 22.6 Å². The molecule has 19 heavy (non-hydrogen) atoms. The van der Waals surface area contributed by atoms with Gasteiger partial charge in [0, 0.05) is 18.8 Å². The maximum atomic E-state index is 4.53. The standard InChI is InChI=1S/C15H26N4/c1-12(2)8-10-16-15-17-11-9-14(19-15)18-13-6-4-3-5-7-13/h9,11-13H,3-8,10H2,1-2H3,(H2,16,17,18,19). The van der Waals surface area contributed by atoms with E-state index in [0.717, 1.165) is 24.7 Å². The number of nitrogens with zero attached hydrogens (tertiary/aromatic N) is 2. The zero-order valence-electron chi connectivity index (χ0n) is 12.2. The molecule has 1 aromatic heterocycles. The van der Waals surface area contributed by atoms with Crippen molar-refractivity contribution < 1.29 is 0 Å². The lowest BCUT2D eigenvalue weighted by Gasteiger charge is -2.23. The molecule has 1 aliphatic rings. The molecule has 2 rings (SSSR count). The average Bonchev–Trinajstić information content (AvgIpc) is 2.40. The second-order valence-electron chi connectivity index (χ2n) is 5.85. The molecule has 0 aromatic carbocycles. The fraction of sp³-hybridized carbons (Fsp3) is 0.733. The molecule has 4 nitrogen and oxygen atoms in total. The largest absolute Gasteiger partial charge is 0.367 e. The van der Waals surface area contributed by atoms with E-state index in [4.69, 9.17) is 0 Å². The van der Waals surface area contributed by atoms with Crippen LogP contribution in [0.5, 0.6) is 0 Å². The molecule has 0 aliphatic heterocycles. The number of hydrogen-bond donors (Lipinski definition) is 2. The third-order valence-corrected chi connectivity index (χ3v) is 3.62. The summed E-state index contributed by atoms with van der Waals surface area (Å²) in [5.74, 6) is 2.39. The highest BCUT2D eigenvalue weighted by atomic mass is 15.1. The molecule has 0 bridgehead atoms. The highest BCUT2D eigenvalue weighted by Crippen LogP contribution is 2.20. The Labute approximate surface area is 116 Å². The van der Waals surface area contributed by atoms with Gasteiger partial charge in [-0.2, -0.15) is 4.98 Å². The first-order valence-corrected chi connectivity index (χ1v) is 7.57. The van der Waals surface area contributed by atoms with Crippen molar-refractivity contribution in [2.45, 2.75) is 58.4 Å². The van der Waals surface area contributed by atoms with Gasteiger partial charge in [0.05, 0.1) is 0 Å². The third-order valence-electron chi connectivity index (χ3n) is 3.62. The van der Waals surface area contributed by atoms with E-state index >= 15 is 0 Å². The van der Waals surface area contributed by atoms with Crippen molar-refractivity contribution in [3.8, 4) is 0 Å². The first-order chi connectivity index (χ1) is 9.24. The van der Waals surface area contributed by atoms with E-state index in [2.05, 4.69) is 34.4 Å². The van der Waals surface area contributed by atoms with Gasteiger partial charge >= 0.3 is 0 Å². The fourth-order valence-electron chi connectivity index (χ4n) is 2.45. The molecule has 1 aliphatic carbocycles. The van der Waals surface area contributed by atoms with E-state index in [1.807, 2.05) is 12.3 Å². The predicted molar refractivity (Wildman–Crippen MR) is 80.5 cm³/mol. The summed E-state index contributed by atoms with van der Waals surface area (Å²) in [5.41, 5.74) is 0. The molecule has 0 radical (unpaired) electrons. The van der Waals surface area contributed by atoms with E-state index in [1.54, 1.807) is 0 Å². The van der Waals surface area contributed by atoms with Crippen molar-refractivity contribution in [1.29, 1.82) is 0 Å². The van der Waals surface area contributed by atoms with Gasteiger partial charge in [0.2, 0.25) is 5.95 Å². The Hall–Kier alpha value is -1.32. The van der Waals surface area contributed by atoms with Crippen LogP contribution in [-0.2, 0) is 0 Å². The molecule has 4 heteroatoms. The van der Waals surface area contributed by atoms with E-state index in [1.165, 1.54) is 32.1 Å².